The van der Waals surface area contributed by atoms with Crippen LogP contribution >= 0.6 is 0 Å². The highest BCUT2D eigenvalue weighted by molar-refractivity contribution is 5.56. The first-order valence-corrected chi connectivity index (χ1v) is 6.17. The van der Waals surface area contributed by atoms with Crippen LogP contribution in [-0.2, 0) is 0 Å². The first-order chi connectivity index (χ1) is 9.22. The Bertz CT molecular complexity index is 598. The molecule has 4 nitrogen and oxygen atoms in total. The van der Waals surface area contributed by atoms with Gasteiger partial charge in [-0.1, -0.05) is 12.1 Å². The molecule has 0 amide bonds. The molecule has 0 aromatic heterocycles. The highest BCUT2D eigenvalue weighted by atomic mass is 16.7. The number of anilines is 1. The van der Waals surface area contributed by atoms with Crippen molar-refractivity contribution in [1.29, 1.82) is 0 Å². The number of aromatic hydroxyl groups is 1. The molecule has 2 aromatic carbocycles. The summed E-state index contributed by atoms with van der Waals surface area (Å²) in [5.41, 5.74) is 1.98. The summed E-state index contributed by atoms with van der Waals surface area (Å²) in [5.74, 6) is 1.81. The van der Waals surface area contributed by atoms with Crippen LogP contribution < -0.4 is 14.8 Å². The van der Waals surface area contributed by atoms with Crippen molar-refractivity contribution in [1.82, 2.24) is 0 Å². The van der Waals surface area contributed by atoms with Gasteiger partial charge in [-0.3, -0.25) is 0 Å². The lowest BCUT2D eigenvalue weighted by Crippen LogP contribution is -2.06. The SMILES string of the molecule is CC(Nc1ccc2c(c1)OCO2)c1cccc(O)c1. The van der Waals surface area contributed by atoms with Crippen molar-refractivity contribution in [2.75, 3.05) is 12.1 Å². The minimum absolute atomic E-state index is 0.0903. The Labute approximate surface area is 111 Å². The maximum absolute atomic E-state index is 9.49. The van der Waals surface area contributed by atoms with E-state index in [2.05, 4.69) is 5.32 Å². The van der Waals surface area contributed by atoms with E-state index in [1.54, 1.807) is 12.1 Å². The van der Waals surface area contributed by atoms with E-state index < -0.39 is 0 Å². The third kappa shape index (κ3) is 2.42. The summed E-state index contributed by atoms with van der Waals surface area (Å²) in [6, 6.07) is 13.1. The highest BCUT2D eigenvalue weighted by Crippen LogP contribution is 2.35. The molecule has 4 heteroatoms. The predicted molar refractivity (Wildman–Crippen MR) is 72.7 cm³/mol. The molecular formula is C15H15NO3. The minimum atomic E-state index is 0.0903. The highest BCUT2D eigenvalue weighted by Gasteiger charge is 2.14. The van der Waals surface area contributed by atoms with Gasteiger partial charge in [0.2, 0.25) is 6.79 Å². The summed E-state index contributed by atoms with van der Waals surface area (Å²) in [4.78, 5) is 0. The maximum Gasteiger partial charge on any atom is 0.231 e. The normalized spacial score (nSPS) is 14.2. The van der Waals surface area contributed by atoms with Crippen LogP contribution in [0.5, 0.6) is 17.2 Å². The molecule has 0 bridgehead atoms. The predicted octanol–water partition coefficient (Wildman–Crippen LogP) is 3.29. The van der Waals surface area contributed by atoms with Gasteiger partial charge in [-0.05, 0) is 36.8 Å². The van der Waals surface area contributed by atoms with Gasteiger partial charge >= 0.3 is 0 Å². The first kappa shape index (κ1) is 11.7. The zero-order chi connectivity index (χ0) is 13.2. The number of nitrogens with one attached hydrogen (secondary N) is 1. The van der Waals surface area contributed by atoms with E-state index in [4.69, 9.17) is 9.47 Å². The molecule has 1 aliphatic rings. The van der Waals surface area contributed by atoms with E-state index in [0.717, 1.165) is 22.7 Å². The molecule has 0 saturated heterocycles. The molecule has 0 saturated carbocycles. The van der Waals surface area contributed by atoms with Crippen molar-refractivity contribution in [3.63, 3.8) is 0 Å². The van der Waals surface area contributed by atoms with Gasteiger partial charge in [0.1, 0.15) is 5.75 Å². The van der Waals surface area contributed by atoms with Crippen LogP contribution in [0.15, 0.2) is 42.5 Å². The number of fused-ring (bicyclic) bond motifs is 1. The summed E-state index contributed by atoms with van der Waals surface area (Å²) in [7, 11) is 0. The second-order valence-electron chi connectivity index (χ2n) is 4.53. The average Bonchev–Trinajstić information content (AvgIpc) is 2.86. The number of phenolic OH excluding ortho intramolecular Hbond substituents is 1. The quantitative estimate of drug-likeness (QED) is 0.885. The Kier molecular flexibility index (Phi) is 2.91. The molecule has 2 N–H and O–H groups in total. The van der Waals surface area contributed by atoms with Gasteiger partial charge in [-0.25, -0.2) is 0 Å². The van der Waals surface area contributed by atoms with Crippen molar-refractivity contribution in [2.45, 2.75) is 13.0 Å². The van der Waals surface area contributed by atoms with E-state index in [9.17, 15) is 5.11 Å². The van der Waals surface area contributed by atoms with Crippen LogP contribution in [0.3, 0.4) is 0 Å². The van der Waals surface area contributed by atoms with Crippen LogP contribution in [-0.4, -0.2) is 11.9 Å². The van der Waals surface area contributed by atoms with Gasteiger partial charge in [0, 0.05) is 17.8 Å². The molecule has 3 rings (SSSR count). The van der Waals surface area contributed by atoms with Crippen LogP contribution in [0.2, 0.25) is 0 Å². The minimum Gasteiger partial charge on any atom is -0.508 e. The lowest BCUT2D eigenvalue weighted by atomic mass is 10.1. The molecular weight excluding hydrogens is 242 g/mol. The van der Waals surface area contributed by atoms with E-state index in [1.165, 1.54) is 0 Å². The number of hydrogen-bond donors (Lipinski definition) is 2. The number of ether oxygens (including phenoxy) is 2. The molecule has 1 atom stereocenters. The molecule has 19 heavy (non-hydrogen) atoms. The molecule has 2 aromatic rings. The van der Waals surface area contributed by atoms with Gasteiger partial charge in [0.25, 0.3) is 0 Å². The summed E-state index contributed by atoms with van der Waals surface area (Å²) in [6.45, 7) is 2.32. The van der Waals surface area contributed by atoms with Crippen molar-refractivity contribution in [3.8, 4) is 17.2 Å². The number of hydrogen-bond acceptors (Lipinski definition) is 4. The van der Waals surface area contributed by atoms with E-state index in [0.29, 0.717) is 0 Å². The zero-order valence-electron chi connectivity index (χ0n) is 10.6. The van der Waals surface area contributed by atoms with Gasteiger partial charge in [0.05, 0.1) is 0 Å². The first-order valence-electron chi connectivity index (χ1n) is 6.17. The Morgan fingerprint density at radius 3 is 2.79 bits per heavy atom. The smallest absolute Gasteiger partial charge is 0.231 e. The molecule has 0 spiro atoms. The fourth-order valence-corrected chi connectivity index (χ4v) is 2.11. The number of benzene rings is 2. The molecule has 0 aliphatic carbocycles. The maximum atomic E-state index is 9.49. The topological polar surface area (TPSA) is 50.7 Å². The van der Waals surface area contributed by atoms with Crippen LogP contribution in [0, 0.1) is 0 Å². The monoisotopic (exact) mass is 257 g/mol. The van der Waals surface area contributed by atoms with Gasteiger partial charge in [-0.15, -0.1) is 0 Å². The molecule has 1 heterocycles. The molecule has 0 radical (unpaired) electrons. The number of rotatable bonds is 3. The van der Waals surface area contributed by atoms with Gasteiger partial charge in [0.15, 0.2) is 11.5 Å². The van der Waals surface area contributed by atoms with E-state index >= 15 is 0 Å². The molecule has 1 unspecified atom stereocenters. The third-order valence-corrected chi connectivity index (χ3v) is 3.13. The van der Waals surface area contributed by atoms with Crippen LogP contribution in [0.4, 0.5) is 5.69 Å². The second-order valence-corrected chi connectivity index (χ2v) is 4.53. The summed E-state index contributed by atoms with van der Waals surface area (Å²) in [6.07, 6.45) is 0. The van der Waals surface area contributed by atoms with Crippen LogP contribution in [0.1, 0.15) is 18.5 Å². The second kappa shape index (κ2) is 4.72. The Morgan fingerprint density at radius 1 is 1.11 bits per heavy atom. The Balaban J connectivity index is 1.77. The number of phenols is 1. The molecule has 98 valence electrons. The van der Waals surface area contributed by atoms with Crippen molar-refractivity contribution in [3.05, 3.63) is 48.0 Å². The lowest BCUT2D eigenvalue weighted by molar-refractivity contribution is 0.174. The fourth-order valence-electron chi connectivity index (χ4n) is 2.11. The van der Waals surface area contributed by atoms with E-state index in [-0.39, 0.29) is 18.6 Å². The zero-order valence-corrected chi connectivity index (χ0v) is 10.6. The Morgan fingerprint density at radius 2 is 1.95 bits per heavy atom. The Hall–Kier alpha value is -2.36. The summed E-state index contributed by atoms with van der Waals surface area (Å²) in [5, 5.41) is 12.9. The average molecular weight is 257 g/mol. The summed E-state index contributed by atoms with van der Waals surface area (Å²) < 4.78 is 10.6. The van der Waals surface area contributed by atoms with Crippen molar-refractivity contribution < 1.29 is 14.6 Å². The van der Waals surface area contributed by atoms with E-state index in [1.807, 2.05) is 37.3 Å². The van der Waals surface area contributed by atoms with Crippen LogP contribution in [0.25, 0.3) is 0 Å². The molecule has 0 fully saturated rings. The fraction of sp³-hybridized carbons (Fsp3) is 0.200. The van der Waals surface area contributed by atoms with Gasteiger partial charge in [-0.2, -0.15) is 0 Å². The lowest BCUT2D eigenvalue weighted by Gasteiger charge is -2.16. The van der Waals surface area contributed by atoms with Crippen molar-refractivity contribution >= 4 is 5.69 Å². The standard InChI is InChI=1S/C15H15NO3/c1-10(11-3-2-4-13(17)7-11)16-12-5-6-14-15(8-12)19-9-18-14/h2-8,10,16-17H,9H2,1H3. The third-order valence-electron chi connectivity index (χ3n) is 3.13. The van der Waals surface area contributed by atoms with Crippen molar-refractivity contribution in [2.24, 2.45) is 0 Å². The summed E-state index contributed by atoms with van der Waals surface area (Å²) >= 11 is 0. The molecule has 1 aliphatic heterocycles. The van der Waals surface area contributed by atoms with Gasteiger partial charge < -0.3 is 19.9 Å². The largest absolute Gasteiger partial charge is 0.508 e.